The number of rotatable bonds is 11. The normalized spacial score (nSPS) is 10.9. The van der Waals surface area contributed by atoms with Gasteiger partial charge in [-0.2, -0.15) is 0 Å². The zero-order chi connectivity index (χ0) is 18.8. The minimum Gasteiger partial charge on any atom is -0.494 e. The van der Waals surface area contributed by atoms with Crippen molar-refractivity contribution in [1.82, 2.24) is 0 Å². The Morgan fingerprint density at radius 1 is 0.808 bits per heavy atom. The molecule has 2 rings (SSSR count). The van der Waals surface area contributed by atoms with Gasteiger partial charge in [0.15, 0.2) is 5.78 Å². The van der Waals surface area contributed by atoms with E-state index in [4.69, 9.17) is 4.74 Å². The Labute approximate surface area is 158 Å². The van der Waals surface area contributed by atoms with Crippen LogP contribution in [-0.2, 0) is 0 Å². The molecule has 2 aromatic rings. The molecular formula is C24H32O2. The van der Waals surface area contributed by atoms with E-state index in [1.165, 1.54) is 32.1 Å². The Balaban J connectivity index is 1.82. The van der Waals surface area contributed by atoms with Crippen LogP contribution in [0.4, 0.5) is 0 Å². The van der Waals surface area contributed by atoms with E-state index in [9.17, 15) is 4.79 Å². The van der Waals surface area contributed by atoms with Gasteiger partial charge in [0, 0.05) is 11.5 Å². The molecule has 0 aromatic heterocycles. The third-order valence-corrected chi connectivity index (χ3v) is 4.65. The second kappa shape index (κ2) is 10.8. The van der Waals surface area contributed by atoms with Crippen LogP contribution in [0.5, 0.6) is 5.75 Å². The molecule has 0 saturated heterocycles. The predicted octanol–water partition coefficient (Wildman–Crippen LogP) is 6.93. The van der Waals surface area contributed by atoms with E-state index in [-0.39, 0.29) is 11.7 Å². The molecule has 0 spiro atoms. The van der Waals surface area contributed by atoms with Crippen LogP contribution in [0.2, 0.25) is 0 Å². The number of hydrogen-bond donors (Lipinski definition) is 0. The van der Waals surface area contributed by atoms with Crippen molar-refractivity contribution in [1.29, 1.82) is 0 Å². The van der Waals surface area contributed by atoms with E-state index < -0.39 is 0 Å². The molecule has 26 heavy (non-hydrogen) atoms. The Kier molecular flexibility index (Phi) is 8.40. The molecule has 0 bridgehead atoms. The van der Waals surface area contributed by atoms with Gasteiger partial charge in [-0.25, -0.2) is 0 Å². The van der Waals surface area contributed by atoms with Crippen molar-refractivity contribution >= 4 is 5.78 Å². The third kappa shape index (κ3) is 6.33. The molecule has 0 saturated carbocycles. The summed E-state index contributed by atoms with van der Waals surface area (Å²) in [6.45, 7) is 6.89. The number of Topliss-reactive ketones (excluding diaryl/α,β-unsaturated/α-hetero) is 1. The maximum absolute atomic E-state index is 12.0. The van der Waals surface area contributed by atoms with Crippen LogP contribution >= 0.6 is 0 Å². The van der Waals surface area contributed by atoms with Crippen molar-refractivity contribution < 1.29 is 9.53 Å². The molecule has 0 aliphatic carbocycles. The van der Waals surface area contributed by atoms with Crippen molar-refractivity contribution in [2.75, 3.05) is 6.61 Å². The monoisotopic (exact) mass is 352 g/mol. The summed E-state index contributed by atoms with van der Waals surface area (Å²) in [6.07, 6.45) is 7.66. The smallest absolute Gasteiger partial charge is 0.165 e. The standard InChI is InChI=1S/C24H32O2/c1-4-5-6-7-8-9-18-26-23-16-14-21(15-17-23)20-10-12-22(13-11-20)24(25)19(2)3/h10-17,19H,4-9,18H2,1-3H3. The fourth-order valence-electron chi connectivity index (χ4n) is 2.98. The van der Waals surface area contributed by atoms with Crippen LogP contribution in [0.1, 0.15) is 69.7 Å². The first-order valence-electron chi connectivity index (χ1n) is 9.99. The van der Waals surface area contributed by atoms with Crippen LogP contribution in [0.15, 0.2) is 48.5 Å². The topological polar surface area (TPSA) is 26.3 Å². The lowest BCUT2D eigenvalue weighted by Crippen LogP contribution is -2.06. The quantitative estimate of drug-likeness (QED) is 0.324. The van der Waals surface area contributed by atoms with E-state index >= 15 is 0 Å². The number of carbonyl (C=O) groups excluding carboxylic acids is 1. The molecule has 0 atom stereocenters. The SMILES string of the molecule is CCCCCCCCOc1ccc(-c2ccc(C(=O)C(C)C)cc2)cc1. The van der Waals surface area contributed by atoms with Gasteiger partial charge >= 0.3 is 0 Å². The highest BCUT2D eigenvalue weighted by molar-refractivity contribution is 5.97. The zero-order valence-corrected chi connectivity index (χ0v) is 16.5. The number of ether oxygens (including phenoxy) is 1. The van der Waals surface area contributed by atoms with Gasteiger partial charge in [-0.1, -0.05) is 89.3 Å². The first-order valence-corrected chi connectivity index (χ1v) is 9.99. The summed E-state index contributed by atoms with van der Waals surface area (Å²) in [5, 5.41) is 0. The fourth-order valence-corrected chi connectivity index (χ4v) is 2.98. The average Bonchev–Trinajstić information content (AvgIpc) is 2.67. The summed E-state index contributed by atoms with van der Waals surface area (Å²) >= 11 is 0. The first-order chi connectivity index (χ1) is 12.6. The molecule has 0 aliphatic heterocycles. The largest absolute Gasteiger partial charge is 0.494 e. The summed E-state index contributed by atoms with van der Waals surface area (Å²) in [4.78, 5) is 12.0. The number of carbonyl (C=O) groups is 1. The molecule has 2 aromatic carbocycles. The van der Waals surface area contributed by atoms with E-state index in [1.54, 1.807) is 0 Å². The number of unbranched alkanes of at least 4 members (excludes halogenated alkanes) is 5. The van der Waals surface area contributed by atoms with Crippen molar-refractivity contribution in [2.45, 2.75) is 59.3 Å². The molecule has 0 N–H and O–H groups in total. The Bertz CT molecular complexity index is 654. The highest BCUT2D eigenvalue weighted by Gasteiger charge is 2.10. The summed E-state index contributed by atoms with van der Waals surface area (Å²) in [6, 6.07) is 16.1. The summed E-state index contributed by atoms with van der Waals surface area (Å²) < 4.78 is 5.84. The van der Waals surface area contributed by atoms with Gasteiger partial charge in [-0.3, -0.25) is 4.79 Å². The van der Waals surface area contributed by atoms with Crippen LogP contribution in [0.3, 0.4) is 0 Å². The number of benzene rings is 2. The molecule has 140 valence electrons. The Hall–Kier alpha value is -2.09. The van der Waals surface area contributed by atoms with E-state index in [1.807, 2.05) is 50.2 Å². The van der Waals surface area contributed by atoms with Gasteiger partial charge in [-0.15, -0.1) is 0 Å². The number of ketones is 1. The average molecular weight is 353 g/mol. The van der Waals surface area contributed by atoms with Gasteiger partial charge in [0.05, 0.1) is 6.61 Å². The van der Waals surface area contributed by atoms with E-state index in [0.29, 0.717) is 0 Å². The minimum atomic E-state index is 0.0314. The van der Waals surface area contributed by atoms with Gasteiger partial charge < -0.3 is 4.74 Å². The Morgan fingerprint density at radius 3 is 1.92 bits per heavy atom. The lowest BCUT2D eigenvalue weighted by atomic mass is 9.98. The predicted molar refractivity (Wildman–Crippen MR) is 110 cm³/mol. The third-order valence-electron chi connectivity index (χ3n) is 4.65. The molecule has 0 heterocycles. The molecule has 2 nitrogen and oxygen atoms in total. The maximum atomic E-state index is 12.0. The van der Waals surface area contributed by atoms with Gasteiger partial charge in [0.2, 0.25) is 0 Å². The molecule has 2 heteroatoms. The van der Waals surface area contributed by atoms with Crippen molar-refractivity contribution in [3.63, 3.8) is 0 Å². The molecule has 0 aliphatic rings. The molecule has 0 amide bonds. The van der Waals surface area contributed by atoms with Crippen molar-refractivity contribution in [3.8, 4) is 16.9 Å². The minimum absolute atomic E-state index is 0.0314. The summed E-state index contributed by atoms with van der Waals surface area (Å²) in [5.41, 5.74) is 3.04. The van der Waals surface area contributed by atoms with Gasteiger partial charge in [0.25, 0.3) is 0 Å². The number of hydrogen-bond acceptors (Lipinski definition) is 2. The molecule has 0 fully saturated rings. The fraction of sp³-hybridized carbons (Fsp3) is 0.458. The first kappa shape index (κ1) is 20.2. The molecular weight excluding hydrogens is 320 g/mol. The molecule has 0 unspecified atom stereocenters. The van der Waals surface area contributed by atoms with Gasteiger partial charge in [-0.05, 0) is 29.7 Å². The highest BCUT2D eigenvalue weighted by atomic mass is 16.5. The zero-order valence-electron chi connectivity index (χ0n) is 16.5. The Morgan fingerprint density at radius 2 is 1.35 bits per heavy atom. The maximum Gasteiger partial charge on any atom is 0.165 e. The van der Waals surface area contributed by atoms with Crippen LogP contribution in [0, 0.1) is 5.92 Å². The summed E-state index contributed by atoms with van der Waals surface area (Å²) in [7, 11) is 0. The van der Waals surface area contributed by atoms with E-state index in [0.717, 1.165) is 35.5 Å². The van der Waals surface area contributed by atoms with Gasteiger partial charge in [0.1, 0.15) is 5.75 Å². The van der Waals surface area contributed by atoms with Crippen molar-refractivity contribution in [2.24, 2.45) is 5.92 Å². The van der Waals surface area contributed by atoms with E-state index in [2.05, 4.69) is 19.1 Å². The lowest BCUT2D eigenvalue weighted by Gasteiger charge is -2.09. The lowest BCUT2D eigenvalue weighted by molar-refractivity contribution is 0.0939. The van der Waals surface area contributed by atoms with Crippen LogP contribution < -0.4 is 4.74 Å². The molecule has 0 radical (unpaired) electrons. The second-order valence-corrected chi connectivity index (χ2v) is 7.24. The summed E-state index contributed by atoms with van der Waals surface area (Å²) in [5.74, 6) is 1.15. The van der Waals surface area contributed by atoms with Crippen LogP contribution in [-0.4, -0.2) is 12.4 Å². The van der Waals surface area contributed by atoms with Crippen molar-refractivity contribution in [3.05, 3.63) is 54.1 Å². The highest BCUT2D eigenvalue weighted by Crippen LogP contribution is 2.23. The second-order valence-electron chi connectivity index (χ2n) is 7.24. The van der Waals surface area contributed by atoms with Crippen LogP contribution in [0.25, 0.3) is 11.1 Å².